The van der Waals surface area contributed by atoms with Crippen LogP contribution in [0.1, 0.15) is 21.7 Å². The topological polar surface area (TPSA) is 63.8 Å². The monoisotopic (exact) mass is 282 g/mol. The second-order valence-electron chi connectivity index (χ2n) is 4.76. The van der Waals surface area contributed by atoms with E-state index in [1.165, 1.54) is 0 Å². The quantitative estimate of drug-likeness (QED) is 0.799. The molecule has 0 saturated heterocycles. The number of rotatable bonds is 4. The normalized spacial score (nSPS) is 10.7. The van der Waals surface area contributed by atoms with Gasteiger partial charge >= 0.3 is 5.97 Å². The molecule has 1 N–H and O–H groups in total. The molecule has 0 unspecified atom stereocenters. The van der Waals surface area contributed by atoms with Gasteiger partial charge in [-0.15, -0.1) is 0 Å². The average Bonchev–Trinajstić information content (AvgIpc) is 2.88. The molecule has 0 spiro atoms. The van der Waals surface area contributed by atoms with Crippen molar-refractivity contribution in [3.05, 3.63) is 65.6 Å². The summed E-state index contributed by atoms with van der Waals surface area (Å²) < 4.78 is 7.32. The lowest BCUT2D eigenvalue weighted by Crippen LogP contribution is -2.08. The summed E-state index contributed by atoms with van der Waals surface area (Å²) in [5, 5.41) is 9.26. The van der Waals surface area contributed by atoms with Gasteiger partial charge in [-0.3, -0.25) is 4.40 Å². The largest absolute Gasteiger partial charge is 0.487 e. The van der Waals surface area contributed by atoms with E-state index in [9.17, 15) is 9.90 Å². The lowest BCUT2D eigenvalue weighted by Gasteiger charge is -2.08. The van der Waals surface area contributed by atoms with E-state index < -0.39 is 5.97 Å². The molecule has 0 atom stereocenters. The molecule has 0 aliphatic carbocycles. The predicted octanol–water partition coefficient (Wildman–Crippen LogP) is 2.92. The fourth-order valence-electron chi connectivity index (χ4n) is 2.23. The molecule has 0 aliphatic heterocycles. The van der Waals surface area contributed by atoms with E-state index in [1.807, 2.05) is 31.2 Å². The van der Waals surface area contributed by atoms with Crippen LogP contribution < -0.4 is 4.74 Å². The number of imidazole rings is 1. The Balaban J connectivity index is 1.92. The first-order chi connectivity index (χ1) is 10.1. The van der Waals surface area contributed by atoms with Crippen molar-refractivity contribution in [1.82, 2.24) is 9.38 Å². The molecule has 2 aromatic heterocycles. The van der Waals surface area contributed by atoms with E-state index in [0.29, 0.717) is 11.3 Å². The van der Waals surface area contributed by atoms with Crippen LogP contribution in [0.2, 0.25) is 0 Å². The van der Waals surface area contributed by atoms with Gasteiger partial charge in [0, 0.05) is 0 Å². The molecular formula is C16H14N2O3. The average molecular weight is 282 g/mol. The van der Waals surface area contributed by atoms with Gasteiger partial charge in [-0.05, 0) is 36.8 Å². The smallest absolute Gasteiger partial charge is 0.352 e. The van der Waals surface area contributed by atoms with E-state index in [2.05, 4.69) is 4.98 Å². The number of hydrogen-bond donors (Lipinski definition) is 1. The van der Waals surface area contributed by atoms with Gasteiger partial charge in [0.2, 0.25) is 0 Å². The third kappa shape index (κ3) is 2.58. The van der Waals surface area contributed by atoms with E-state index >= 15 is 0 Å². The van der Waals surface area contributed by atoms with Crippen LogP contribution in [0.4, 0.5) is 0 Å². The lowest BCUT2D eigenvalue weighted by molar-refractivity contribution is 0.0688. The Morgan fingerprint density at radius 3 is 2.86 bits per heavy atom. The number of carbonyl (C=O) groups is 1. The molecule has 0 bridgehead atoms. The molecule has 106 valence electrons. The van der Waals surface area contributed by atoms with Gasteiger partial charge in [0.05, 0.1) is 11.9 Å². The number of carboxylic acid groups (broad SMARTS) is 1. The molecule has 5 heteroatoms. The molecule has 0 saturated carbocycles. The fourth-order valence-corrected chi connectivity index (χ4v) is 2.23. The van der Waals surface area contributed by atoms with Crippen LogP contribution in [0.15, 0.2) is 48.7 Å². The predicted molar refractivity (Wildman–Crippen MR) is 77.7 cm³/mol. The maximum atomic E-state index is 11.3. The highest BCUT2D eigenvalue weighted by atomic mass is 16.5. The molecule has 3 rings (SSSR count). The summed E-state index contributed by atoms with van der Waals surface area (Å²) in [6.45, 7) is 2.25. The first-order valence-electron chi connectivity index (χ1n) is 6.53. The van der Waals surface area contributed by atoms with Gasteiger partial charge in [0.1, 0.15) is 23.7 Å². The summed E-state index contributed by atoms with van der Waals surface area (Å²) in [5.74, 6) is -0.242. The van der Waals surface area contributed by atoms with Crippen LogP contribution in [-0.4, -0.2) is 20.5 Å². The van der Waals surface area contributed by atoms with Gasteiger partial charge in [-0.1, -0.05) is 18.2 Å². The number of hydrogen-bond acceptors (Lipinski definition) is 3. The molecule has 0 radical (unpaired) electrons. The lowest BCUT2D eigenvalue weighted by atomic mass is 10.2. The van der Waals surface area contributed by atoms with Gasteiger partial charge in [0.15, 0.2) is 0 Å². The minimum absolute atomic E-state index is 0.174. The number of pyridine rings is 1. The second kappa shape index (κ2) is 5.28. The van der Waals surface area contributed by atoms with Gasteiger partial charge in [0.25, 0.3) is 0 Å². The zero-order valence-corrected chi connectivity index (χ0v) is 11.5. The number of ether oxygens (including phenoxy) is 1. The van der Waals surface area contributed by atoms with E-state index in [1.54, 1.807) is 28.8 Å². The number of aromatic carboxylic acids is 1. The summed E-state index contributed by atoms with van der Waals surface area (Å²) in [4.78, 5) is 15.5. The van der Waals surface area contributed by atoms with Crippen molar-refractivity contribution >= 4 is 11.6 Å². The molecule has 0 fully saturated rings. The fraction of sp³-hybridized carbons (Fsp3) is 0.125. The third-order valence-corrected chi connectivity index (χ3v) is 3.20. The summed E-state index contributed by atoms with van der Waals surface area (Å²) in [5.41, 5.74) is 2.58. The Morgan fingerprint density at radius 2 is 2.10 bits per heavy atom. The summed E-state index contributed by atoms with van der Waals surface area (Å²) in [7, 11) is 0. The van der Waals surface area contributed by atoms with Crippen LogP contribution in [0.3, 0.4) is 0 Å². The second-order valence-corrected chi connectivity index (χ2v) is 4.76. The van der Waals surface area contributed by atoms with Crippen LogP contribution in [0, 0.1) is 6.92 Å². The number of aromatic nitrogens is 2. The van der Waals surface area contributed by atoms with Crippen molar-refractivity contribution in [2.75, 3.05) is 0 Å². The number of aryl methyl sites for hydroxylation is 1. The Morgan fingerprint density at radius 1 is 1.29 bits per heavy atom. The number of fused-ring (bicyclic) bond motifs is 1. The van der Waals surface area contributed by atoms with Gasteiger partial charge in [-0.2, -0.15) is 0 Å². The Kier molecular flexibility index (Phi) is 3.31. The zero-order valence-electron chi connectivity index (χ0n) is 11.5. The third-order valence-electron chi connectivity index (χ3n) is 3.20. The Hall–Kier alpha value is -2.82. The Labute approximate surface area is 121 Å². The minimum Gasteiger partial charge on any atom is -0.487 e. The minimum atomic E-state index is -0.990. The summed E-state index contributed by atoms with van der Waals surface area (Å²) in [6, 6.07) is 12.7. The molecule has 0 amide bonds. The van der Waals surface area contributed by atoms with Crippen LogP contribution in [0.25, 0.3) is 5.65 Å². The van der Waals surface area contributed by atoms with E-state index in [-0.39, 0.29) is 12.3 Å². The van der Waals surface area contributed by atoms with E-state index in [0.717, 1.165) is 11.3 Å². The maximum absolute atomic E-state index is 11.3. The number of benzene rings is 1. The molecule has 2 heterocycles. The highest BCUT2D eigenvalue weighted by Crippen LogP contribution is 2.16. The Bertz CT molecular complexity index is 808. The van der Waals surface area contributed by atoms with Crippen molar-refractivity contribution < 1.29 is 14.6 Å². The first kappa shape index (κ1) is 13.2. The standard InChI is InChI=1S/C16H14N2O3/c1-11-4-2-5-13(8-11)21-10-12-9-17-15-7-3-6-14(16(19)20)18(12)15/h2-9H,10H2,1H3,(H,19,20). The molecule has 3 aromatic rings. The summed E-state index contributed by atoms with van der Waals surface area (Å²) >= 11 is 0. The highest BCUT2D eigenvalue weighted by molar-refractivity contribution is 5.86. The molecule has 1 aromatic carbocycles. The van der Waals surface area contributed by atoms with Crippen molar-refractivity contribution in [3.63, 3.8) is 0 Å². The maximum Gasteiger partial charge on any atom is 0.352 e. The van der Waals surface area contributed by atoms with E-state index in [4.69, 9.17) is 4.74 Å². The van der Waals surface area contributed by atoms with Gasteiger partial charge in [-0.25, -0.2) is 9.78 Å². The molecule has 0 aliphatic rings. The van der Waals surface area contributed by atoms with Crippen LogP contribution in [0.5, 0.6) is 5.75 Å². The van der Waals surface area contributed by atoms with Crippen molar-refractivity contribution in [1.29, 1.82) is 0 Å². The molecule has 5 nitrogen and oxygen atoms in total. The van der Waals surface area contributed by atoms with Crippen molar-refractivity contribution in [2.24, 2.45) is 0 Å². The molecule has 21 heavy (non-hydrogen) atoms. The van der Waals surface area contributed by atoms with Crippen LogP contribution in [-0.2, 0) is 6.61 Å². The highest BCUT2D eigenvalue weighted by Gasteiger charge is 2.12. The SMILES string of the molecule is Cc1cccc(OCc2cnc3cccc(C(=O)O)n23)c1. The summed E-state index contributed by atoms with van der Waals surface area (Å²) in [6.07, 6.45) is 1.64. The zero-order chi connectivity index (χ0) is 14.8. The van der Waals surface area contributed by atoms with Crippen molar-refractivity contribution in [3.8, 4) is 5.75 Å². The number of carboxylic acids is 1. The van der Waals surface area contributed by atoms with Crippen LogP contribution >= 0.6 is 0 Å². The molecular weight excluding hydrogens is 268 g/mol. The van der Waals surface area contributed by atoms with Crippen molar-refractivity contribution in [2.45, 2.75) is 13.5 Å². The van der Waals surface area contributed by atoms with Gasteiger partial charge < -0.3 is 9.84 Å². The first-order valence-corrected chi connectivity index (χ1v) is 6.53. The number of nitrogens with zero attached hydrogens (tertiary/aromatic N) is 2.